The molecule has 1 aliphatic rings. The molecule has 1 heterocycles. The van der Waals surface area contributed by atoms with E-state index in [1.165, 1.54) is 12.8 Å². The molecule has 22 heavy (non-hydrogen) atoms. The summed E-state index contributed by atoms with van der Waals surface area (Å²) < 4.78 is 4.93. The fourth-order valence-corrected chi connectivity index (χ4v) is 3.02. The average Bonchev–Trinajstić information content (AvgIpc) is 2.84. The van der Waals surface area contributed by atoms with E-state index in [4.69, 9.17) is 4.74 Å². The Bertz CT molecular complexity index is 373. The van der Waals surface area contributed by atoms with Crippen molar-refractivity contribution >= 4 is 12.3 Å². The second-order valence-corrected chi connectivity index (χ2v) is 6.14. The van der Waals surface area contributed by atoms with E-state index in [2.05, 4.69) is 6.92 Å². The van der Waals surface area contributed by atoms with Gasteiger partial charge in [-0.15, -0.1) is 0 Å². The molecule has 0 radical (unpaired) electrons. The molecule has 0 saturated carbocycles. The molecule has 0 fully saturated rings. The summed E-state index contributed by atoms with van der Waals surface area (Å²) >= 11 is 0. The predicted octanol–water partition coefficient (Wildman–Crippen LogP) is 4.48. The normalized spacial score (nSPS) is 16.0. The SMILES string of the molecule is CCCCC(CCCCCCCCC=O)C1=C(O)COC1=O. The fraction of sp³-hybridized carbons (Fsp3) is 0.778. The Balaban J connectivity index is 2.29. The molecule has 0 bridgehead atoms. The Morgan fingerprint density at radius 3 is 2.32 bits per heavy atom. The first-order valence-corrected chi connectivity index (χ1v) is 8.73. The zero-order chi connectivity index (χ0) is 16.2. The summed E-state index contributed by atoms with van der Waals surface area (Å²) in [7, 11) is 0. The first-order chi connectivity index (χ1) is 10.7. The zero-order valence-corrected chi connectivity index (χ0v) is 13.8. The maximum atomic E-state index is 11.8. The van der Waals surface area contributed by atoms with Gasteiger partial charge >= 0.3 is 5.97 Å². The number of aldehydes is 1. The molecule has 4 heteroatoms. The number of ether oxygens (including phenoxy) is 1. The third-order valence-corrected chi connectivity index (χ3v) is 4.31. The van der Waals surface area contributed by atoms with Crippen molar-refractivity contribution in [2.45, 2.75) is 77.6 Å². The van der Waals surface area contributed by atoms with Gasteiger partial charge in [0.1, 0.15) is 18.7 Å². The number of aliphatic hydroxyl groups is 1. The summed E-state index contributed by atoms with van der Waals surface area (Å²) in [6.07, 6.45) is 12.4. The monoisotopic (exact) mass is 310 g/mol. The Kier molecular flexibility index (Phi) is 9.60. The number of carbonyl (C=O) groups excluding carboxylic acids is 2. The van der Waals surface area contributed by atoms with Gasteiger partial charge in [0, 0.05) is 6.42 Å². The van der Waals surface area contributed by atoms with Gasteiger partial charge in [0.15, 0.2) is 0 Å². The molecule has 0 aliphatic carbocycles. The van der Waals surface area contributed by atoms with Crippen molar-refractivity contribution in [2.24, 2.45) is 5.92 Å². The van der Waals surface area contributed by atoms with Gasteiger partial charge in [-0.05, 0) is 25.2 Å². The van der Waals surface area contributed by atoms with Crippen molar-refractivity contribution < 1.29 is 19.4 Å². The molecule has 4 nitrogen and oxygen atoms in total. The minimum absolute atomic E-state index is 0.0491. The summed E-state index contributed by atoms with van der Waals surface area (Å²) in [6, 6.07) is 0. The average molecular weight is 310 g/mol. The van der Waals surface area contributed by atoms with Crippen molar-refractivity contribution in [3.8, 4) is 0 Å². The van der Waals surface area contributed by atoms with Crippen LogP contribution in [0, 0.1) is 5.92 Å². The molecule has 0 amide bonds. The summed E-state index contributed by atoms with van der Waals surface area (Å²) in [5.74, 6) is -0.0440. The summed E-state index contributed by atoms with van der Waals surface area (Å²) in [5, 5.41) is 9.86. The standard InChI is InChI=1S/C18H30O4/c1-2-3-11-15(17-16(20)14-22-18(17)21)12-9-7-5-4-6-8-10-13-19/h13,15,20H,2-12,14H2,1H3. The molecule has 0 spiro atoms. The topological polar surface area (TPSA) is 63.6 Å². The minimum atomic E-state index is -0.326. The number of hydrogen-bond acceptors (Lipinski definition) is 4. The van der Waals surface area contributed by atoms with Crippen LogP contribution in [-0.4, -0.2) is 24.0 Å². The number of carbonyl (C=O) groups is 2. The van der Waals surface area contributed by atoms with E-state index in [1.807, 2.05) is 0 Å². The number of unbranched alkanes of at least 4 members (excludes halogenated alkanes) is 7. The molecule has 126 valence electrons. The number of rotatable bonds is 13. The van der Waals surface area contributed by atoms with Crippen LogP contribution in [0.2, 0.25) is 0 Å². The molecule has 1 N–H and O–H groups in total. The molecule has 1 atom stereocenters. The van der Waals surface area contributed by atoms with E-state index in [0.717, 1.165) is 57.7 Å². The molecule has 0 aromatic heterocycles. The smallest absolute Gasteiger partial charge is 0.338 e. The van der Waals surface area contributed by atoms with Crippen molar-refractivity contribution in [3.05, 3.63) is 11.3 Å². The lowest BCUT2D eigenvalue weighted by Crippen LogP contribution is -2.12. The number of cyclic esters (lactones) is 1. The highest BCUT2D eigenvalue weighted by atomic mass is 16.5. The van der Waals surface area contributed by atoms with Crippen LogP contribution >= 0.6 is 0 Å². The van der Waals surface area contributed by atoms with Crippen molar-refractivity contribution in [2.75, 3.05) is 6.61 Å². The first kappa shape index (κ1) is 18.7. The van der Waals surface area contributed by atoms with Gasteiger partial charge in [0.05, 0.1) is 5.57 Å². The molecule has 0 aromatic carbocycles. The third kappa shape index (κ3) is 6.63. The van der Waals surface area contributed by atoms with Crippen LogP contribution in [-0.2, 0) is 14.3 Å². The number of hydrogen-bond donors (Lipinski definition) is 1. The van der Waals surface area contributed by atoms with Crippen molar-refractivity contribution in [1.82, 2.24) is 0 Å². The van der Waals surface area contributed by atoms with Crippen LogP contribution in [0.3, 0.4) is 0 Å². The Hall–Kier alpha value is -1.32. The molecule has 0 saturated heterocycles. The highest BCUT2D eigenvalue weighted by Gasteiger charge is 2.30. The van der Waals surface area contributed by atoms with Crippen LogP contribution in [0.5, 0.6) is 0 Å². The predicted molar refractivity (Wildman–Crippen MR) is 86.6 cm³/mol. The van der Waals surface area contributed by atoms with Gasteiger partial charge in [-0.3, -0.25) is 0 Å². The molecule has 1 rings (SSSR count). The van der Waals surface area contributed by atoms with Gasteiger partial charge < -0.3 is 14.6 Å². The Labute approximate surface area is 133 Å². The van der Waals surface area contributed by atoms with E-state index >= 15 is 0 Å². The molecule has 1 unspecified atom stereocenters. The van der Waals surface area contributed by atoms with Gasteiger partial charge in [0.2, 0.25) is 0 Å². The van der Waals surface area contributed by atoms with E-state index in [9.17, 15) is 14.7 Å². The van der Waals surface area contributed by atoms with Crippen LogP contribution < -0.4 is 0 Å². The van der Waals surface area contributed by atoms with E-state index < -0.39 is 0 Å². The van der Waals surface area contributed by atoms with E-state index in [1.54, 1.807) is 0 Å². The van der Waals surface area contributed by atoms with Gasteiger partial charge in [-0.25, -0.2) is 4.79 Å². The maximum absolute atomic E-state index is 11.8. The van der Waals surface area contributed by atoms with Crippen LogP contribution in [0.25, 0.3) is 0 Å². The number of aliphatic hydroxyl groups excluding tert-OH is 1. The van der Waals surface area contributed by atoms with Crippen LogP contribution in [0.1, 0.15) is 77.6 Å². The van der Waals surface area contributed by atoms with Crippen LogP contribution in [0.15, 0.2) is 11.3 Å². The molecule has 0 aromatic rings. The van der Waals surface area contributed by atoms with Gasteiger partial charge in [-0.2, -0.15) is 0 Å². The summed E-state index contributed by atoms with van der Waals surface area (Å²) in [5.41, 5.74) is 0.527. The number of esters is 1. The Morgan fingerprint density at radius 2 is 1.73 bits per heavy atom. The van der Waals surface area contributed by atoms with Crippen molar-refractivity contribution in [1.29, 1.82) is 0 Å². The lowest BCUT2D eigenvalue weighted by Gasteiger charge is -2.16. The van der Waals surface area contributed by atoms with Crippen molar-refractivity contribution in [3.63, 3.8) is 0 Å². The quantitative estimate of drug-likeness (QED) is 0.309. The maximum Gasteiger partial charge on any atom is 0.338 e. The third-order valence-electron chi connectivity index (χ3n) is 4.31. The van der Waals surface area contributed by atoms with Gasteiger partial charge in [0.25, 0.3) is 0 Å². The Morgan fingerprint density at radius 1 is 1.09 bits per heavy atom. The lowest BCUT2D eigenvalue weighted by atomic mass is 9.88. The second-order valence-electron chi connectivity index (χ2n) is 6.14. The highest BCUT2D eigenvalue weighted by molar-refractivity contribution is 5.91. The molecule has 1 aliphatic heterocycles. The van der Waals surface area contributed by atoms with E-state index in [0.29, 0.717) is 12.0 Å². The summed E-state index contributed by atoms with van der Waals surface area (Å²) in [4.78, 5) is 22.0. The molecular formula is C18H30O4. The van der Waals surface area contributed by atoms with Gasteiger partial charge in [-0.1, -0.05) is 51.9 Å². The lowest BCUT2D eigenvalue weighted by molar-refractivity contribution is -0.136. The largest absolute Gasteiger partial charge is 0.508 e. The minimum Gasteiger partial charge on any atom is -0.508 e. The molecular weight excluding hydrogens is 280 g/mol. The second kappa shape index (κ2) is 11.3. The first-order valence-electron chi connectivity index (χ1n) is 8.73. The zero-order valence-electron chi connectivity index (χ0n) is 13.8. The summed E-state index contributed by atoms with van der Waals surface area (Å²) in [6.45, 7) is 2.19. The van der Waals surface area contributed by atoms with E-state index in [-0.39, 0.29) is 24.3 Å². The van der Waals surface area contributed by atoms with Crippen LogP contribution in [0.4, 0.5) is 0 Å². The highest BCUT2D eigenvalue weighted by Crippen LogP contribution is 2.30. The fourth-order valence-electron chi connectivity index (χ4n) is 3.02.